The average Bonchev–Trinajstić information content (AvgIpc) is 3.13. The fourth-order valence-corrected chi connectivity index (χ4v) is 4.90. The predicted octanol–water partition coefficient (Wildman–Crippen LogP) is 4.57. The highest BCUT2D eigenvalue weighted by Gasteiger charge is 2.23. The predicted molar refractivity (Wildman–Crippen MR) is 129 cm³/mol. The summed E-state index contributed by atoms with van der Waals surface area (Å²) in [7, 11) is -2.30. The molecule has 1 aromatic heterocycles. The van der Waals surface area contributed by atoms with Crippen LogP contribution in [0.4, 0.5) is 11.4 Å². The van der Waals surface area contributed by atoms with Crippen LogP contribution in [0.5, 0.6) is 0 Å². The van der Waals surface area contributed by atoms with Crippen molar-refractivity contribution in [2.45, 2.75) is 18.7 Å². The van der Waals surface area contributed by atoms with Crippen LogP contribution < -0.4 is 9.62 Å². The van der Waals surface area contributed by atoms with E-state index >= 15 is 0 Å². The van der Waals surface area contributed by atoms with Gasteiger partial charge in [-0.25, -0.2) is 13.1 Å². The molecule has 0 spiro atoms. The van der Waals surface area contributed by atoms with Crippen molar-refractivity contribution < 1.29 is 13.2 Å². The SMILES string of the molecule is Cc1nn(-c2ccccc2)c(C)c1C(=O)Nc1cccc(S(=O)(=O)N(C)c2ccccc2)c1. The van der Waals surface area contributed by atoms with Crippen LogP contribution in [0.1, 0.15) is 21.7 Å². The number of aromatic nitrogens is 2. The van der Waals surface area contributed by atoms with Gasteiger partial charge in [0.2, 0.25) is 0 Å². The maximum absolute atomic E-state index is 13.1. The van der Waals surface area contributed by atoms with Gasteiger partial charge in [0.25, 0.3) is 15.9 Å². The second kappa shape index (κ2) is 8.91. The van der Waals surface area contributed by atoms with Gasteiger partial charge in [0, 0.05) is 12.7 Å². The molecule has 0 fully saturated rings. The number of carbonyl (C=O) groups is 1. The van der Waals surface area contributed by atoms with Gasteiger partial charge in [0.05, 0.1) is 33.2 Å². The zero-order chi connectivity index (χ0) is 23.6. The minimum absolute atomic E-state index is 0.0834. The van der Waals surface area contributed by atoms with Crippen LogP contribution in [0, 0.1) is 13.8 Å². The van der Waals surface area contributed by atoms with E-state index in [1.54, 1.807) is 48.0 Å². The standard InChI is InChI=1S/C25H24N4O3S/c1-18-24(19(2)29(27-18)22-14-8-5-9-15-22)25(30)26-20-11-10-16-23(17-20)33(31,32)28(3)21-12-6-4-7-13-21/h4-17H,1-3H3,(H,26,30). The van der Waals surface area contributed by atoms with E-state index in [1.807, 2.05) is 43.3 Å². The number of amides is 1. The van der Waals surface area contributed by atoms with Gasteiger partial charge in [-0.3, -0.25) is 9.10 Å². The molecule has 0 saturated carbocycles. The first-order valence-electron chi connectivity index (χ1n) is 10.4. The van der Waals surface area contributed by atoms with E-state index in [-0.39, 0.29) is 10.8 Å². The Morgan fingerprint density at radius 1 is 0.909 bits per heavy atom. The van der Waals surface area contributed by atoms with Crippen molar-refractivity contribution in [1.82, 2.24) is 9.78 Å². The largest absolute Gasteiger partial charge is 0.322 e. The van der Waals surface area contributed by atoms with Gasteiger partial charge < -0.3 is 5.32 Å². The van der Waals surface area contributed by atoms with Gasteiger partial charge in [-0.15, -0.1) is 0 Å². The Hall–Kier alpha value is -3.91. The van der Waals surface area contributed by atoms with E-state index in [0.717, 1.165) is 5.69 Å². The first-order valence-corrected chi connectivity index (χ1v) is 11.8. The third kappa shape index (κ3) is 4.38. The zero-order valence-electron chi connectivity index (χ0n) is 18.6. The van der Waals surface area contributed by atoms with Crippen LogP contribution in [0.3, 0.4) is 0 Å². The number of para-hydroxylation sites is 2. The van der Waals surface area contributed by atoms with Crippen molar-refractivity contribution in [3.63, 3.8) is 0 Å². The molecule has 0 bridgehead atoms. The Morgan fingerprint density at radius 2 is 1.55 bits per heavy atom. The summed E-state index contributed by atoms with van der Waals surface area (Å²) in [5.74, 6) is -0.349. The monoisotopic (exact) mass is 460 g/mol. The summed E-state index contributed by atoms with van der Waals surface area (Å²) < 4.78 is 29.2. The van der Waals surface area contributed by atoms with Gasteiger partial charge in [-0.05, 0) is 56.3 Å². The summed E-state index contributed by atoms with van der Waals surface area (Å²) in [4.78, 5) is 13.2. The number of rotatable bonds is 6. The van der Waals surface area contributed by atoms with Crippen molar-refractivity contribution in [2.75, 3.05) is 16.7 Å². The maximum Gasteiger partial charge on any atom is 0.264 e. The summed E-state index contributed by atoms with van der Waals surface area (Å²) in [6.45, 7) is 3.61. The molecular weight excluding hydrogens is 436 g/mol. The summed E-state index contributed by atoms with van der Waals surface area (Å²) in [5.41, 5.74) is 3.52. The number of anilines is 2. The fourth-order valence-electron chi connectivity index (χ4n) is 3.65. The maximum atomic E-state index is 13.1. The molecule has 33 heavy (non-hydrogen) atoms. The molecular formula is C25H24N4O3S. The van der Waals surface area contributed by atoms with Crippen molar-refractivity contribution >= 4 is 27.3 Å². The third-order valence-electron chi connectivity index (χ3n) is 5.39. The lowest BCUT2D eigenvalue weighted by Gasteiger charge is -2.20. The molecule has 3 aromatic carbocycles. The van der Waals surface area contributed by atoms with E-state index < -0.39 is 10.0 Å². The topological polar surface area (TPSA) is 84.3 Å². The summed E-state index contributed by atoms with van der Waals surface area (Å²) in [5, 5.41) is 7.33. The Morgan fingerprint density at radius 3 is 2.21 bits per heavy atom. The Balaban J connectivity index is 1.61. The number of hydrogen-bond acceptors (Lipinski definition) is 4. The number of aryl methyl sites for hydroxylation is 1. The summed E-state index contributed by atoms with van der Waals surface area (Å²) in [6, 6.07) is 24.6. The summed E-state index contributed by atoms with van der Waals surface area (Å²) >= 11 is 0. The molecule has 1 amide bonds. The van der Waals surface area contributed by atoms with Gasteiger partial charge in [0.15, 0.2) is 0 Å². The van der Waals surface area contributed by atoms with Gasteiger partial charge >= 0.3 is 0 Å². The first-order chi connectivity index (χ1) is 15.8. The zero-order valence-corrected chi connectivity index (χ0v) is 19.4. The van der Waals surface area contributed by atoms with E-state index in [4.69, 9.17) is 0 Å². The van der Waals surface area contributed by atoms with Crippen LogP contribution in [0.15, 0.2) is 89.8 Å². The van der Waals surface area contributed by atoms with Crippen molar-refractivity contribution in [2.24, 2.45) is 0 Å². The fraction of sp³-hybridized carbons (Fsp3) is 0.120. The molecule has 1 N–H and O–H groups in total. The Bertz CT molecular complexity index is 1400. The number of benzene rings is 3. The molecule has 168 valence electrons. The van der Waals surface area contributed by atoms with E-state index in [9.17, 15) is 13.2 Å². The molecule has 0 unspecified atom stereocenters. The quantitative estimate of drug-likeness (QED) is 0.457. The molecule has 0 atom stereocenters. The average molecular weight is 461 g/mol. The summed E-state index contributed by atoms with van der Waals surface area (Å²) in [6.07, 6.45) is 0. The molecule has 0 aliphatic heterocycles. The lowest BCUT2D eigenvalue weighted by molar-refractivity contribution is 0.102. The highest BCUT2D eigenvalue weighted by atomic mass is 32.2. The first kappa shape index (κ1) is 22.3. The number of carbonyl (C=O) groups excluding carboxylic acids is 1. The normalized spacial score (nSPS) is 11.2. The molecule has 0 saturated heterocycles. The van der Waals surface area contributed by atoms with E-state index in [2.05, 4.69) is 10.4 Å². The molecule has 8 heteroatoms. The second-order valence-corrected chi connectivity index (χ2v) is 9.55. The number of nitrogens with one attached hydrogen (secondary N) is 1. The van der Waals surface area contributed by atoms with E-state index in [1.165, 1.54) is 23.5 Å². The van der Waals surface area contributed by atoms with Crippen molar-refractivity contribution in [1.29, 1.82) is 0 Å². The molecule has 4 aromatic rings. The molecule has 0 aliphatic rings. The minimum atomic E-state index is -3.80. The molecule has 7 nitrogen and oxygen atoms in total. The molecule has 0 aliphatic carbocycles. The molecule has 1 heterocycles. The number of hydrogen-bond donors (Lipinski definition) is 1. The van der Waals surface area contributed by atoms with Gasteiger partial charge in [0.1, 0.15) is 0 Å². The Kier molecular flexibility index (Phi) is 6.02. The minimum Gasteiger partial charge on any atom is -0.322 e. The van der Waals surface area contributed by atoms with Crippen LogP contribution in [0.25, 0.3) is 5.69 Å². The van der Waals surface area contributed by atoms with Crippen LogP contribution in [-0.2, 0) is 10.0 Å². The number of nitrogens with zero attached hydrogens (tertiary/aromatic N) is 3. The van der Waals surface area contributed by atoms with Crippen LogP contribution in [0.2, 0.25) is 0 Å². The lowest BCUT2D eigenvalue weighted by atomic mass is 10.1. The third-order valence-corrected chi connectivity index (χ3v) is 7.17. The smallest absolute Gasteiger partial charge is 0.264 e. The molecule has 0 radical (unpaired) electrons. The van der Waals surface area contributed by atoms with Crippen molar-refractivity contribution in [3.8, 4) is 5.69 Å². The van der Waals surface area contributed by atoms with Crippen LogP contribution >= 0.6 is 0 Å². The lowest BCUT2D eigenvalue weighted by Crippen LogP contribution is -2.26. The van der Waals surface area contributed by atoms with Crippen molar-refractivity contribution in [3.05, 3.63) is 102 Å². The highest BCUT2D eigenvalue weighted by molar-refractivity contribution is 7.92. The number of sulfonamides is 1. The Labute approximate surface area is 193 Å². The second-order valence-electron chi connectivity index (χ2n) is 7.58. The van der Waals surface area contributed by atoms with E-state index in [0.29, 0.717) is 28.3 Å². The van der Waals surface area contributed by atoms with Gasteiger partial charge in [-0.2, -0.15) is 5.10 Å². The molecule has 4 rings (SSSR count). The van der Waals surface area contributed by atoms with Crippen LogP contribution in [-0.4, -0.2) is 31.2 Å². The van der Waals surface area contributed by atoms with Gasteiger partial charge in [-0.1, -0.05) is 42.5 Å². The highest BCUT2D eigenvalue weighted by Crippen LogP contribution is 2.25.